The Kier molecular flexibility index (Phi) is 5.63. The minimum Gasteiger partial charge on any atom is -0.384 e. The fraction of sp³-hybridized carbons (Fsp3) is 0.600. The minimum absolute atomic E-state index is 0.0299. The van der Waals surface area contributed by atoms with Gasteiger partial charge in [-0.3, -0.25) is 0 Å². The van der Waals surface area contributed by atoms with Crippen molar-refractivity contribution in [2.75, 3.05) is 25.1 Å². The van der Waals surface area contributed by atoms with Crippen LogP contribution in [0.2, 0.25) is 5.15 Å². The predicted octanol–water partition coefficient (Wildman–Crippen LogP) is 2.37. The maximum Gasteiger partial charge on any atom is 0.151 e. The number of aromatic nitrogens is 2. The Morgan fingerprint density at radius 2 is 2.05 bits per heavy atom. The molecule has 1 N–H and O–H groups in total. The highest BCUT2D eigenvalue weighted by Crippen LogP contribution is 2.29. The summed E-state index contributed by atoms with van der Waals surface area (Å²) < 4.78 is 0. The molecule has 5 heteroatoms. The van der Waals surface area contributed by atoms with Gasteiger partial charge in [-0.15, -0.1) is 10.2 Å². The van der Waals surface area contributed by atoms with Crippen LogP contribution in [-0.4, -0.2) is 35.5 Å². The standard InChI is InChI=1S/C15H20ClN3O/c1-19(15-9-8-14(16)17-18-15)11-13-6-4-12(5-7-13)3-2-10-20/h8-9,12-13,20H,4-7,10-11H2,1H3. The Morgan fingerprint density at radius 1 is 1.30 bits per heavy atom. The molecule has 108 valence electrons. The quantitative estimate of drug-likeness (QED) is 0.869. The molecule has 0 radical (unpaired) electrons. The third-order valence-corrected chi connectivity index (χ3v) is 3.97. The zero-order chi connectivity index (χ0) is 14.4. The van der Waals surface area contributed by atoms with Gasteiger partial charge in [-0.05, 0) is 43.7 Å². The fourth-order valence-corrected chi connectivity index (χ4v) is 2.77. The predicted molar refractivity (Wildman–Crippen MR) is 80.6 cm³/mol. The molecule has 1 aromatic rings. The number of anilines is 1. The van der Waals surface area contributed by atoms with E-state index in [0.717, 1.165) is 25.2 Å². The third kappa shape index (κ3) is 4.36. The summed E-state index contributed by atoms with van der Waals surface area (Å²) >= 11 is 5.74. The van der Waals surface area contributed by atoms with Gasteiger partial charge in [0.1, 0.15) is 6.61 Å². The van der Waals surface area contributed by atoms with Gasteiger partial charge in [0, 0.05) is 19.5 Å². The first kappa shape index (κ1) is 15.1. The first-order valence-electron chi connectivity index (χ1n) is 6.98. The molecule has 0 spiro atoms. The second-order valence-electron chi connectivity index (χ2n) is 5.29. The summed E-state index contributed by atoms with van der Waals surface area (Å²) in [6.45, 7) is 0.953. The molecule has 1 aliphatic rings. The molecule has 0 saturated heterocycles. The zero-order valence-electron chi connectivity index (χ0n) is 11.7. The Balaban J connectivity index is 1.81. The topological polar surface area (TPSA) is 49.2 Å². The Labute approximate surface area is 125 Å². The molecule has 1 heterocycles. The van der Waals surface area contributed by atoms with Crippen molar-refractivity contribution in [1.29, 1.82) is 0 Å². The van der Waals surface area contributed by atoms with Crippen molar-refractivity contribution in [3.05, 3.63) is 17.3 Å². The van der Waals surface area contributed by atoms with Crippen LogP contribution in [0, 0.1) is 23.7 Å². The van der Waals surface area contributed by atoms with Crippen molar-refractivity contribution in [2.24, 2.45) is 11.8 Å². The highest BCUT2D eigenvalue weighted by atomic mass is 35.5. The maximum absolute atomic E-state index is 8.71. The molecule has 0 bridgehead atoms. The molecule has 1 aliphatic carbocycles. The summed E-state index contributed by atoms with van der Waals surface area (Å²) in [6.07, 6.45) is 4.60. The van der Waals surface area contributed by atoms with Gasteiger partial charge in [-0.25, -0.2) is 0 Å². The first-order chi connectivity index (χ1) is 9.69. The number of aliphatic hydroxyl groups is 1. The van der Waals surface area contributed by atoms with Crippen LogP contribution < -0.4 is 4.90 Å². The Hall–Kier alpha value is -1.31. The summed E-state index contributed by atoms with van der Waals surface area (Å²) in [6, 6.07) is 3.66. The van der Waals surface area contributed by atoms with Crippen molar-refractivity contribution in [3.63, 3.8) is 0 Å². The number of hydrogen-bond acceptors (Lipinski definition) is 4. The van der Waals surface area contributed by atoms with Gasteiger partial charge < -0.3 is 10.0 Å². The van der Waals surface area contributed by atoms with Crippen molar-refractivity contribution >= 4 is 17.4 Å². The van der Waals surface area contributed by atoms with Crippen LogP contribution in [0.1, 0.15) is 25.7 Å². The fourth-order valence-electron chi connectivity index (χ4n) is 2.67. The van der Waals surface area contributed by atoms with Gasteiger partial charge in [-0.1, -0.05) is 23.4 Å². The number of hydrogen-bond donors (Lipinski definition) is 1. The number of nitrogens with zero attached hydrogens (tertiary/aromatic N) is 3. The van der Waals surface area contributed by atoms with Crippen LogP contribution in [0.25, 0.3) is 0 Å². The molecule has 0 aliphatic heterocycles. The van der Waals surface area contributed by atoms with E-state index in [0.29, 0.717) is 17.0 Å². The SMILES string of the molecule is CN(CC1CCC(C#CCO)CC1)c1ccc(Cl)nn1. The lowest BCUT2D eigenvalue weighted by atomic mass is 9.82. The number of aliphatic hydroxyl groups excluding tert-OH is 1. The summed E-state index contributed by atoms with van der Waals surface area (Å²) in [7, 11) is 2.04. The molecule has 1 fully saturated rings. The van der Waals surface area contributed by atoms with Gasteiger partial charge in [0.2, 0.25) is 0 Å². The van der Waals surface area contributed by atoms with Gasteiger partial charge >= 0.3 is 0 Å². The lowest BCUT2D eigenvalue weighted by molar-refractivity contribution is 0.318. The average molecular weight is 294 g/mol. The smallest absolute Gasteiger partial charge is 0.151 e. The zero-order valence-corrected chi connectivity index (χ0v) is 12.5. The van der Waals surface area contributed by atoms with E-state index < -0.39 is 0 Å². The van der Waals surface area contributed by atoms with E-state index in [2.05, 4.69) is 26.9 Å². The van der Waals surface area contributed by atoms with Crippen molar-refractivity contribution in [3.8, 4) is 11.8 Å². The molecule has 0 atom stereocenters. The summed E-state index contributed by atoms with van der Waals surface area (Å²) in [4.78, 5) is 2.13. The number of rotatable bonds is 3. The van der Waals surface area contributed by atoms with E-state index in [4.69, 9.17) is 16.7 Å². The van der Waals surface area contributed by atoms with Crippen LogP contribution >= 0.6 is 11.6 Å². The van der Waals surface area contributed by atoms with E-state index in [-0.39, 0.29) is 6.61 Å². The van der Waals surface area contributed by atoms with Crippen molar-refractivity contribution in [1.82, 2.24) is 10.2 Å². The first-order valence-corrected chi connectivity index (χ1v) is 7.36. The molecule has 0 amide bonds. The Bertz CT molecular complexity index is 472. The van der Waals surface area contributed by atoms with E-state index in [1.807, 2.05) is 13.1 Å². The van der Waals surface area contributed by atoms with Crippen molar-refractivity contribution in [2.45, 2.75) is 25.7 Å². The molecule has 0 unspecified atom stereocenters. The van der Waals surface area contributed by atoms with Crippen LogP contribution in [-0.2, 0) is 0 Å². The Morgan fingerprint density at radius 3 is 2.65 bits per heavy atom. The monoisotopic (exact) mass is 293 g/mol. The van der Waals surface area contributed by atoms with Gasteiger partial charge in [0.25, 0.3) is 0 Å². The molecule has 2 rings (SSSR count). The second-order valence-corrected chi connectivity index (χ2v) is 5.68. The molecule has 20 heavy (non-hydrogen) atoms. The molecule has 1 saturated carbocycles. The van der Waals surface area contributed by atoms with Crippen LogP contribution in [0.3, 0.4) is 0 Å². The molecular formula is C15H20ClN3O. The molecule has 4 nitrogen and oxygen atoms in total. The van der Waals surface area contributed by atoms with Crippen LogP contribution in [0.4, 0.5) is 5.82 Å². The summed E-state index contributed by atoms with van der Waals surface area (Å²) in [5, 5.41) is 17.1. The van der Waals surface area contributed by atoms with E-state index in [1.54, 1.807) is 6.07 Å². The third-order valence-electron chi connectivity index (χ3n) is 3.77. The molecular weight excluding hydrogens is 274 g/mol. The summed E-state index contributed by atoms with van der Waals surface area (Å²) in [5.74, 6) is 7.89. The van der Waals surface area contributed by atoms with E-state index >= 15 is 0 Å². The lowest BCUT2D eigenvalue weighted by Gasteiger charge is -2.29. The van der Waals surface area contributed by atoms with Gasteiger partial charge in [0.15, 0.2) is 11.0 Å². The minimum atomic E-state index is -0.0299. The lowest BCUT2D eigenvalue weighted by Crippen LogP contribution is -2.29. The van der Waals surface area contributed by atoms with E-state index in [1.165, 1.54) is 12.8 Å². The highest BCUT2D eigenvalue weighted by molar-refractivity contribution is 6.29. The molecule has 1 aromatic heterocycles. The van der Waals surface area contributed by atoms with Crippen LogP contribution in [0.5, 0.6) is 0 Å². The largest absolute Gasteiger partial charge is 0.384 e. The summed E-state index contributed by atoms with van der Waals surface area (Å²) in [5.41, 5.74) is 0. The van der Waals surface area contributed by atoms with E-state index in [9.17, 15) is 0 Å². The van der Waals surface area contributed by atoms with Gasteiger partial charge in [-0.2, -0.15) is 0 Å². The molecule has 0 aromatic carbocycles. The van der Waals surface area contributed by atoms with Crippen molar-refractivity contribution < 1.29 is 5.11 Å². The highest BCUT2D eigenvalue weighted by Gasteiger charge is 2.21. The normalized spacial score (nSPS) is 21.9. The maximum atomic E-state index is 8.71. The number of halogens is 1. The second kappa shape index (κ2) is 7.47. The average Bonchev–Trinajstić information content (AvgIpc) is 2.47. The van der Waals surface area contributed by atoms with Crippen LogP contribution in [0.15, 0.2) is 12.1 Å². The van der Waals surface area contributed by atoms with Gasteiger partial charge in [0.05, 0.1) is 0 Å².